The lowest BCUT2D eigenvalue weighted by Gasteiger charge is -2.09. The average Bonchev–Trinajstić information content (AvgIpc) is 2.86. The molecule has 0 aliphatic rings. The number of benzene rings is 3. The Bertz CT molecular complexity index is 1280. The summed E-state index contributed by atoms with van der Waals surface area (Å²) in [7, 11) is 2.97. The summed E-state index contributed by atoms with van der Waals surface area (Å²) in [5.74, 6) is -1.36. The van der Waals surface area contributed by atoms with E-state index in [0.717, 1.165) is 0 Å². The van der Waals surface area contributed by atoms with Crippen LogP contribution in [0.5, 0.6) is 17.2 Å². The smallest absolute Gasteiger partial charge is 0.343 e. The molecule has 2 amide bonds. The number of carbonyl (C=O) groups excluding carboxylic acids is 3. The number of amides is 2. The predicted molar refractivity (Wildman–Crippen MR) is 132 cm³/mol. The van der Waals surface area contributed by atoms with Crippen LogP contribution in [0.2, 0.25) is 10.0 Å². The molecule has 35 heavy (non-hydrogen) atoms. The van der Waals surface area contributed by atoms with Gasteiger partial charge in [0.25, 0.3) is 0 Å². The maximum atomic E-state index is 12.4. The number of carbonyl (C=O) groups is 3. The highest BCUT2D eigenvalue weighted by Gasteiger charge is 2.15. The van der Waals surface area contributed by atoms with Crippen molar-refractivity contribution in [1.29, 1.82) is 0 Å². The standard InChI is InChI=1S/C24H19Cl2N3O6/c1-33-20-10-5-15(11-21(20)34-2)24(32)35-17-7-3-14(4-8-17)13-27-29-23(31)22(30)28-19-12-16(25)6-9-18(19)26/h3-13H,1-2H3,(H,28,30)(H,29,31)/b27-13+. The number of hydrogen-bond acceptors (Lipinski definition) is 7. The van der Waals surface area contributed by atoms with E-state index in [1.54, 1.807) is 42.5 Å². The minimum Gasteiger partial charge on any atom is -0.493 e. The zero-order valence-electron chi connectivity index (χ0n) is 18.5. The van der Waals surface area contributed by atoms with Crippen molar-refractivity contribution >= 4 is 52.9 Å². The molecule has 0 fully saturated rings. The molecule has 0 atom stereocenters. The van der Waals surface area contributed by atoms with Crippen molar-refractivity contribution in [1.82, 2.24) is 5.43 Å². The van der Waals surface area contributed by atoms with Crippen LogP contribution in [0.3, 0.4) is 0 Å². The van der Waals surface area contributed by atoms with Crippen molar-refractivity contribution < 1.29 is 28.6 Å². The van der Waals surface area contributed by atoms with Crippen LogP contribution in [0.1, 0.15) is 15.9 Å². The van der Waals surface area contributed by atoms with Crippen LogP contribution >= 0.6 is 23.2 Å². The number of hydrazone groups is 1. The molecule has 11 heteroatoms. The van der Waals surface area contributed by atoms with Gasteiger partial charge in [0.15, 0.2) is 11.5 Å². The Kier molecular flexibility index (Phi) is 8.66. The predicted octanol–water partition coefficient (Wildman–Crippen LogP) is 4.32. The van der Waals surface area contributed by atoms with E-state index in [2.05, 4.69) is 15.8 Å². The summed E-state index contributed by atoms with van der Waals surface area (Å²) in [6, 6.07) is 15.5. The average molecular weight is 516 g/mol. The SMILES string of the molecule is COc1ccc(C(=O)Oc2ccc(/C=N/NC(=O)C(=O)Nc3cc(Cl)ccc3Cl)cc2)cc1OC. The number of anilines is 1. The monoisotopic (exact) mass is 515 g/mol. The minimum atomic E-state index is -1.00. The normalized spacial score (nSPS) is 10.5. The number of hydrogen-bond donors (Lipinski definition) is 2. The zero-order chi connectivity index (χ0) is 25.4. The molecule has 0 aliphatic carbocycles. The molecule has 0 unspecified atom stereocenters. The molecule has 2 N–H and O–H groups in total. The summed E-state index contributed by atoms with van der Waals surface area (Å²) in [6.07, 6.45) is 1.32. The fraction of sp³-hybridized carbons (Fsp3) is 0.0833. The van der Waals surface area contributed by atoms with E-state index in [1.807, 2.05) is 0 Å². The lowest BCUT2D eigenvalue weighted by Crippen LogP contribution is -2.32. The largest absolute Gasteiger partial charge is 0.493 e. The van der Waals surface area contributed by atoms with Crippen LogP contribution in [-0.4, -0.2) is 38.2 Å². The molecule has 0 saturated carbocycles. The lowest BCUT2D eigenvalue weighted by atomic mass is 10.2. The summed E-state index contributed by atoms with van der Waals surface area (Å²) < 4.78 is 15.7. The first-order chi connectivity index (χ1) is 16.8. The highest BCUT2D eigenvalue weighted by atomic mass is 35.5. The van der Waals surface area contributed by atoms with Gasteiger partial charge in [0.1, 0.15) is 5.75 Å². The van der Waals surface area contributed by atoms with E-state index >= 15 is 0 Å². The molecular weight excluding hydrogens is 497 g/mol. The second kappa shape index (κ2) is 11.9. The number of nitrogens with zero attached hydrogens (tertiary/aromatic N) is 1. The van der Waals surface area contributed by atoms with Crippen molar-refractivity contribution in [3.8, 4) is 17.2 Å². The Morgan fingerprint density at radius 1 is 0.857 bits per heavy atom. The summed E-state index contributed by atoms with van der Waals surface area (Å²) in [5, 5.41) is 6.66. The lowest BCUT2D eigenvalue weighted by molar-refractivity contribution is -0.136. The second-order valence-corrected chi connectivity index (χ2v) is 7.65. The van der Waals surface area contributed by atoms with Crippen LogP contribution in [0.4, 0.5) is 5.69 Å². The molecular formula is C24H19Cl2N3O6. The maximum Gasteiger partial charge on any atom is 0.343 e. The van der Waals surface area contributed by atoms with Crippen molar-refractivity contribution in [2.24, 2.45) is 5.10 Å². The van der Waals surface area contributed by atoms with Crippen LogP contribution in [0.25, 0.3) is 0 Å². The zero-order valence-corrected chi connectivity index (χ0v) is 20.0. The quantitative estimate of drug-likeness (QED) is 0.159. The first-order valence-electron chi connectivity index (χ1n) is 9.94. The molecule has 0 spiro atoms. The van der Waals surface area contributed by atoms with E-state index in [-0.39, 0.29) is 16.3 Å². The van der Waals surface area contributed by atoms with Gasteiger partial charge in [-0.05, 0) is 66.2 Å². The van der Waals surface area contributed by atoms with Gasteiger partial charge in [-0.15, -0.1) is 0 Å². The Hall–Kier alpha value is -4.08. The Balaban J connectivity index is 1.54. The van der Waals surface area contributed by atoms with E-state index in [9.17, 15) is 14.4 Å². The summed E-state index contributed by atoms with van der Waals surface area (Å²) in [6.45, 7) is 0. The minimum absolute atomic E-state index is 0.196. The number of ether oxygens (including phenoxy) is 3. The van der Waals surface area contributed by atoms with Gasteiger partial charge in [0, 0.05) is 5.02 Å². The van der Waals surface area contributed by atoms with Crippen LogP contribution in [-0.2, 0) is 9.59 Å². The number of rotatable bonds is 7. The van der Waals surface area contributed by atoms with Gasteiger partial charge in [0.05, 0.1) is 36.7 Å². The second-order valence-electron chi connectivity index (χ2n) is 6.81. The maximum absolute atomic E-state index is 12.4. The van der Waals surface area contributed by atoms with Gasteiger partial charge in [-0.25, -0.2) is 10.2 Å². The summed E-state index contributed by atoms with van der Waals surface area (Å²) in [4.78, 5) is 36.3. The Labute approximate surface area is 210 Å². The molecule has 0 aromatic heterocycles. The van der Waals surface area contributed by atoms with E-state index < -0.39 is 17.8 Å². The van der Waals surface area contributed by atoms with Gasteiger partial charge in [-0.2, -0.15) is 5.10 Å². The van der Waals surface area contributed by atoms with E-state index in [4.69, 9.17) is 37.4 Å². The molecule has 3 aromatic rings. The topological polar surface area (TPSA) is 115 Å². The Morgan fingerprint density at radius 2 is 1.57 bits per heavy atom. The van der Waals surface area contributed by atoms with Crippen molar-refractivity contribution in [2.45, 2.75) is 0 Å². The number of methoxy groups -OCH3 is 2. The number of nitrogens with one attached hydrogen (secondary N) is 2. The highest BCUT2D eigenvalue weighted by molar-refractivity contribution is 6.42. The molecule has 0 aliphatic heterocycles. The molecule has 0 saturated heterocycles. The number of esters is 1. The molecule has 3 aromatic carbocycles. The van der Waals surface area contributed by atoms with Gasteiger partial charge < -0.3 is 19.5 Å². The Morgan fingerprint density at radius 3 is 2.26 bits per heavy atom. The van der Waals surface area contributed by atoms with Crippen LogP contribution < -0.4 is 25.0 Å². The number of halogens is 2. The molecule has 9 nitrogen and oxygen atoms in total. The van der Waals surface area contributed by atoms with Crippen LogP contribution in [0, 0.1) is 0 Å². The van der Waals surface area contributed by atoms with Gasteiger partial charge >= 0.3 is 17.8 Å². The molecule has 0 heterocycles. The molecule has 0 radical (unpaired) electrons. The summed E-state index contributed by atoms with van der Waals surface area (Å²) in [5.41, 5.74) is 3.17. The van der Waals surface area contributed by atoms with Crippen LogP contribution in [0.15, 0.2) is 65.8 Å². The molecule has 3 rings (SSSR count). The van der Waals surface area contributed by atoms with E-state index in [0.29, 0.717) is 27.8 Å². The van der Waals surface area contributed by atoms with Crippen molar-refractivity contribution in [3.63, 3.8) is 0 Å². The van der Waals surface area contributed by atoms with Crippen molar-refractivity contribution in [2.75, 3.05) is 19.5 Å². The van der Waals surface area contributed by atoms with Gasteiger partial charge in [-0.1, -0.05) is 23.2 Å². The third-order valence-electron chi connectivity index (χ3n) is 4.47. The van der Waals surface area contributed by atoms with Crippen molar-refractivity contribution in [3.05, 3.63) is 81.8 Å². The van der Waals surface area contributed by atoms with E-state index in [1.165, 1.54) is 38.6 Å². The first kappa shape index (κ1) is 25.5. The third kappa shape index (κ3) is 6.95. The van der Waals surface area contributed by atoms with Gasteiger partial charge in [-0.3, -0.25) is 9.59 Å². The highest BCUT2D eigenvalue weighted by Crippen LogP contribution is 2.28. The molecule has 0 bridgehead atoms. The third-order valence-corrected chi connectivity index (χ3v) is 5.04. The molecule has 180 valence electrons. The fourth-order valence-corrected chi connectivity index (χ4v) is 3.08. The van der Waals surface area contributed by atoms with Gasteiger partial charge in [0.2, 0.25) is 0 Å². The summed E-state index contributed by atoms with van der Waals surface area (Å²) >= 11 is 11.8. The fourth-order valence-electron chi connectivity index (χ4n) is 2.74. The first-order valence-corrected chi connectivity index (χ1v) is 10.7.